The molecule has 1 unspecified atom stereocenters. The Kier molecular flexibility index (Phi) is 8.76. The van der Waals surface area contributed by atoms with Crippen LogP contribution in [0.25, 0.3) is 12.2 Å². The van der Waals surface area contributed by atoms with Gasteiger partial charge in [-0.1, -0.05) is 72.3 Å². The number of benzene rings is 3. The fourth-order valence-corrected chi connectivity index (χ4v) is 3.96. The number of nitrogens with one attached hydrogen (secondary N) is 1. The van der Waals surface area contributed by atoms with Crippen LogP contribution in [0.1, 0.15) is 56.6 Å². The highest BCUT2D eigenvalue weighted by Crippen LogP contribution is 2.22. The number of hydrogen-bond acceptors (Lipinski definition) is 4. The standard InChI is InChI=1S/C30H32N2O3/c1-5-7-25-17-27(13-12-23(25)6-2)32-29(33)28(18-31)24-10-8-22(9-11-24)19-35-30(34)26-15-20(3)14-21(4)16-26/h5-17,28H,2,18-19,31H2,1,3-4H3,(H,32,33)/b7-5-. The van der Waals surface area contributed by atoms with Gasteiger partial charge in [0.1, 0.15) is 6.61 Å². The van der Waals surface area contributed by atoms with Gasteiger partial charge in [-0.15, -0.1) is 0 Å². The molecule has 0 radical (unpaired) electrons. The predicted octanol–water partition coefficient (Wildman–Crippen LogP) is 6.02. The van der Waals surface area contributed by atoms with Crippen LogP contribution in [0.4, 0.5) is 5.69 Å². The van der Waals surface area contributed by atoms with Gasteiger partial charge in [-0.25, -0.2) is 4.79 Å². The maximum atomic E-state index is 13.0. The molecule has 0 aliphatic carbocycles. The summed E-state index contributed by atoms with van der Waals surface area (Å²) in [5.74, 6) is -1.05. The number of hydrogen-bond donors (Lipinski definition) is 2. The SMILES string of the molecule is C=Cc1ccc(NC(=O)C(CN)c2ccc(COC(=O)c3cc(C)cc(C)c3)cc2)cc1/C=C\C. The zero-order valence-electron chi connectivity index (χ0n) is 20.5. The lowest BCUT2D eigenvalue weighted by Gasteiger charge is -2.16. The highest BCUT2D eigenvalue weighted by Gasteiger charge is 2.19. The Balaban J connectivity index is 1.65. The molecule has 0 heterocycles. The quantitative estimate of drug-likeness (QED) is 0.376. The molecule has 5 heteroatoms. The molecule has 0 aliphatic rings. The fraction of sp³-hybridized carbons (Fsp3) is 0.200. The normalized spacial score (nSPS) is 11.8. The average molecular weight is 469 g/mol. The van der Waals surface area contributed by atoms with Crippen LogP contribution in [0.5, 0.6) is 0 Å². The number of allylic oxidation sites excluding steroid dienone is 1. The summed E-state index contributed by atoms with van der Waals surface area (Å²) in [6.07, 6.45) is 5.69. The van der Waals surface area contributed by atoms with Gasteiger partial charge < -0.3 is 15.8 Å². The van der Waals surface area contributed by atoms with Crippen molar-refractivity contribution in [1.82, 2.24) is 0 Å². The number of anilines is 1. The van der Waals surface area contributed by atoms with Crippen LogP contribution >= 0.6 is 0 Å². The minimum Gasteiger partial charge on any atom is -0.457 e. The molecule has 0 aromatic heterocycles. The molecule has 180 valence electrons. The van der Waals surface area contributed by atoms with E-state index in [2.05, 4.69) is 11.9 Å². The molecule has 0 fully saturated rings. The Bertz CT molecular complexity index is 1220. The van der Waals surface area contributed by atoms with Gasteiger partial charge in [0.15, 0.2) is 0 Å². The first-order valence-electron chi connectivity index (χ1n) is 11.6. The number of amides is 1. The molecule has 0 saturated carbocycles. The molecule has 0 saturated heterocycles. The lowest BCUT2D eigenvalue weighted by atomic mass is 9.97. The lowest BCUT2D eigenvalue weighted by molar-refractivity contribution is -0.117. The maximum absolute atomic E-state index is 13.0. The third kappa shape index (κ3) is 6.78. The molecule has 0 bridgehead atoms. The molecular formula is C30H32N2O3. The first-order chi connectivity index (χ1) is 16.8. The summed E-state index contributed by atoms with van der Waals surface area (Å²) in [4.78, 5) is 25.4. The van der Waals surface area contributed by atoms with Crippen LogP contribution in [0.2, 0.25) is 0 Å². The predicted molar refractivity (Wildman–Crippen MR) is 143 cm³/mol. The van der Waals surface area contributed by atoms with Gasteiger partial charge in [0.05, 0.1) is 11.5 Å². The van der Waals surface area contributed by atoms with Crippen molar-refractivity contribution >= 4 is 29.7 Å². The Morgan fingerprint density at radius 1 is 1.00 bits per heavy atom. The van der Waals surface area contributed by atoms with Crippen molar-refractivity contribution in [3.05, 3.63) is 112 Å². The Hall–Kier alpha value is -3.96. The molecule has 0 spiro atoms. The zero-order chi connectivity index (χ0) is 25.4. The van der Waals surface area contributed by atoms with E-state index >= 15 is 0 Å². The van der Waals surface area contributed by atoms with E-state index in [0.29, 0.717) is 11.3 Å². The Morgan fingerprint density at radius 2 is 1.69 bits per heavy atom. The van der Waals surface area contributed by atoms with Gasteiger partial charge in [0.25, 0.3) is 0 Å². The van der Waals surface area contributed by atoms with Gasteiger partial charge in [-0.2, -0.15) is 0 Å². The van der Waals surface area contributed by atoms with E-state index in [1.165, 1.54) is 0 Å². The number of rotatable bonds is 9. The van der Waals surface area contributed by atoms with E-state index in [4.69, 9.17) is 10.5 Å². The number of carbonyl (C=O) groups excluding carboxylic acids is 2. The van der Waals surface area contributed by atoms with E-state index < -0.39 is 5.92 Å². The van der Waals surface area contributed by atoms with Gasteiger partial charge in [-0.3, -0.25) is 4.79 Å². The molecule has 3 rings (SSSR count). The summed E-state index contributed by atoms with van der Waals surface area (Å²) < 4.78 is 5.47. The van der Waals surface area contributed by atoms with Crippen molar-refractivity contribution in [2.24, 2.45) is 5.73 Å². The van der Waals surface area contributed by atoms with Gasteiger partial charge in [0.2, 0.25) is 5.91 Å². The van der Waals surface area contributed by atoms with Crippen LogP contribution in [-0.2, 0) is 16.1 Å². The minimum atomic E-state index is -0.508. The Labute approximate surface area is 207 Å². The topological polar surface area (TPSA) is 81.4 Å². The summed E-state index contributed by atoms with van der Waals surface area (Å²) in [7, 11) is 0. The highest BCUT2D eigenvalue weighted by atomic mass is 16.5. The smallest absolute Gasteiger partial charge is 0.338 e. The number of nitrogens with two attached hydrogens (primary N) is 1. The number of esters is 1. The van der Waals surface area contributed by atoms with E-state index in [-0.39, 0.29) is 25.0 Å². The van der Waals surface area contributed by atoms with E-state index in [0.717, 1.165) is 33.4 Å². The van der Waals surface area contributed by atoms with Crippen LogP contribution in [0, 0.1) is 13.8 Å². The number of carbonyl (C=O) groups is 2. The van der Waals surface area contributed by atoms with Crippen LogP contribution < -0.4 is 11.1 Å². The molecule has 5 nitrogen and oxygen atoms in total. The third-order valence-corrected chi connectivity index (χ3v) is 5.68. The zero-order valence-corrected chi connectivity index (χ0v) is 20.5. The number of ether oxygens (including phenoxy) is 1. The summed E-state index contributed by atoms with van der Waals surface area (Å²) in [5.41, 5.74) is 12.8. The van der Waals surface area contributed by atoms with Gasteiger partial charge in [-0.05, 0) is 67.3 Å². The minimum absolute atomic E-state index is 0.148. The van der Waals surface area contributed by atoms with Crippen molar-refractivity contribution in [2.45, 2.75) is 33.3 Å². The molecule has 1 amide bonds. The second kappa shape index (κ2) is 12.0. The van der Waals surface area contributed by atoms with Crippen molar-refractivity contribution in [1.29, 1.82) is 0 Å². The lowest BCUT2D eigenvalue weighted by Crippen LogP contribution is -2.27. The number of aryl methyl sites for hydroxylation is 2. The Morgan fingerprint density at radius 3 is 2.29 bits per heavy atom. The third-order valence-electron chi connectivity index (χ3n) is 5.68. The van der Waals surface area contributed by atoms with Gasteiger partial charge >= 0.3 is 5.97 Å². The molecule has 3 N–H and O–H groups in total. The summed E-state index contributed by atoms with van der Waals surface area (Å²) in [5, 5.41) is 2.97. The molecule has 3 aromatic rings. The van der Waals surface area contributed by atoms with E-state index in [1.54, 1.807) is 6.08 Å². The first kappa shape index (κ1) is 25.7. The molecule has 3 aromatic carbocycles. The summed E-state index contributed by atoms with van der Waals surface area (Å²) >= 11 is 0. The molecule has 35 heavy (non-hydrogen) atoms. The monoisotopic (exact) mass is 468 g/mol. The fourth-order valence-electron chi connectivity index (χ4n) is 3.96. The van der Waals surface area contributed by atoms with E-state index in [9.17, 15) is 9.59 Å². The maximum Gasteiger partial charge on any atom is 0.338 e. The van der Waals surface area contributed by atoms with Crippen molar-refractivity contribution < 1.29 is 14.3 Å². The van der Waals surface area contributed by atoms with Crippen molar-refractivity contribution in [2.75, 3.05) is 11.9 Å². The largest absolute Gasteiger partial charge is 0.457 e. The summed E-state index contributed by atoms with van der Waals surface area (Å²) in [6, 6.07) is 18.7. The highest BCUT2D eigenvalue weighted by molar-refractivity contribution is 5.96. The second-order valence-electron chi connectivity index (χ2n) is 8.52. The molecule has 1 atom stereocenters. The van der Waals surface area contributed by atoms with Crippen LogP contribution in [-0.4, -0.2) is 18.4 Å². The van der Waals surface area contributed by atoms with Crippen LogP contribution in [0.3, 0.4) is 0 Å². The first-order valence-corrected chi connectivity index (χ1v) is 11.6. The van der Waals surface area contributed by atoms with E-state index in [1.807, 2.05) is 93.6 Å². The van der Waals surface area contributed by atoms with Crippen molar-refractivity contribution in [3.8, 4) is 0 Å². The molecule has 0 aliphatic heterocycles. The second-order valence-corrected chi connectivity index (χ2v) is 8.52. The van der Waals surface area contributed by atoms with Crippen LogP contribution in [0.15, 0.2) is 73.3 Å². The average Bonchev–Trinajstić information content (AvgIpc) is 2.83. The van der Waals surface area contributed by atoms with Crippen molar-refractivity contribution in [3.63, 3.8) is 0 Å². The van der Waals surface area contributed by atoms with Gasteiger partial charge in [0, 0.05) is 12.2 Å². The summed E-state index contributed by atoms with van der Waals surface area (Å²) in [6.45, 7) is 9.98. The molecular weight excluding hydrogens is 436 g/mol.